The number of benzene rings is 1. The number of aromatic nitrogens is 3. The number of hydrogen-bond acceptors (Lipinski definition) is 2. The van der Waals surface area contributed by atoms with Crippen LogP contribution in [0.2, 0.25) is 0 Å². The van der Waals surface area contributed by atoms with Crippen LogP contribution in [0.15, 0.2) is 60.8 Å². The van der Waals surface area contributed by atoms with Gasteiger partial charge in [-0.15, -0.1) is 0 Å². The van der Waals surface area contributed by atoms with Crippen molar-refractivity contribution in [2.45, 2.75) is 52.0 Å². The molecule has 130 valence electrons. The second kappa shape index (κ2) is 9.16. The lowest BCUT2D eigenvalue weighted by molar-refractivity contribution is 0.531. The zero-order valence-corrected chi connectivity index (χ0v) is 15.1. The van der Waals surface area contributed by atoms with E-state index in [-0.39, 0.29) is 0 Å². The number of nitrogens with zero attached hydrogens (tertiary/aromatic N) is 3. The molecule has 3 aromatic rings. The zero-order chi connectivity index (χ0) is 17.3. The summed E-state index contributed by atoms with van der Waals surface area (Å²) in [7, 11) is 0. The molecule has 2 aromatic heterocycles. The second-order valence-corrected chi connectivity index (χ2v) is 6.49. The van der Waals surface area contributed by atoms with Crippen molar-refractivity contribution in [3.63, 3.8) is 0 Å². The van der Waals surface area contributed by atoms with Crippen molar-refractivity contribution in [3.8, 4) is 22.6 Å². The Morgan fingerprint density at radius 2 is 1.56 bits per heavy atom. The first-order valence-corrected chi connectivity index (χ1v) is 9.43. The summed E-state index contributed by atoms with van der Waals surface area (Å²) in [5.74, 6) is 0. The van der Waals surface area contributed by atoms with E-state index in [9.17, 15) is 0 Å². The quantitative estimate of drug-likeness (QED) is 0.451. The molecule has 3 rings (SSSR count). The van der Waals surface area contributed by atoms with Crippen LogP contribution in [0.3, 0.4) is 0 Å². The van der Waals surface area contributed by atoms with Crippen LogP contribution in [-0.4, -0.2) is 14.8 Å². The Labute approximate surface area is 150 Å². The molecule has 0 bridgehead atoms. The Kier molecular flexibility index (Phi) is 6.38. The van der Waals surface area contributed by atoms with Gasteiger partial charge in [-0.25, -0.2) is 0 Å². The van der Waals surface area contributed by atoms with Crippen LogP contribution in [0.5, 0.6) is 0 Å². The van der Waals surface area contributed by atoms with Gasteiger partial charge in [0.05, 0.1) is 11.4 Å². The largest absolute Gasteiger partial charge is 0.264 e. The number of hydrogen-bond donors (Lipinski definition) is 0. The Balaban J connectivity index is 1.76. The van der Waals surface area contributed by atoms with E-state index in [4.69, 9.17) is 5.10 Å². The Bertz CT molecular complexity index is 747. The number of rotatable bonds is 9. The summed E-state index contributed by atoms with van der Waals surface area (Å²) in [4.78, 5) is 4.45. The third-order valence-corrected chi connectivity index (χ3v) is 4.50. The Hall–Kier alpha value is -2.42. The highest BCUT2D eigenvalue weighted by molar-refractivity contribution is 5.66. The molecule has 0 spiro atoms. The molecule has 0 saturated heterocycles. The van der Waals surface area contributed by atoms with E-state index in [0.717, 1.165) is 17.9 Å². The molecule has 0 amide bonds. The van der Waals surface area contributed by atoms with Crippen LogP contribution in [0.1, 0.15) is 45.4 Å². The van der Waals surface area contributed by atoms with Gasteiger partial charge in [-0.3, -0.25) is 9.67 Å². The molecule has 0 unspecified atom stereocenters. The van der Waals surface area contributed by atoms with Crippen molar-refractivity contribution in [1.29, 1.82) is 0 Å². The maximum absolute atomic E-state index is 4.84. The van der Waals surface area contributed by atoms with E-state index < -0.39 is 0 Å². The lowest BCUT2D eigenvalue weighted by atomic mass is 10.1. The van der Waals surface area contributed by atoms with Crippen LogP contribution in [0, 0.1) is 0 Å². The van der Waals surface area contributed by atoms with Gasteiger partial charge in [0.2, 0.25) is 0 Å². The molecule has 0 saturated carbocycles. The summed E-state index contributed by atoms with van der Waals surface area (Å²) < 4.78 is 2.15. The lowest BCUT2D eigenvalue weighted by Gasteiger charge is -2.07. The molecular formula is C22H27N3. The zero-order valence-electron chi connectivity index (χ0n) is 15.1. The summed E-state index contributed by atoms with van der Waals surface area (Å²) in [6.45, 7) is 3.22. The van der Waals surface area contributed by atoms with Crippen LogP contribution in [0.25, 0.3) is 22.6 Å². The van der Waals surface area contributed by atoms with Crippen molar-refractivity contribution in [1.82, 2.24) is 14.8 Å². The van der Waals surface area contributed by atoms with Gasteiger partial charge in [-0.1, -0.05) is 75.4 Å². The molecule has 0 aliphatic rings. The molecule has 2 heterocycles. The fourth-order valence-corrected chi connectivity index (χ4v) is 3.11. The third-order valence-electron chi connectivity index (χ3n) is 4.50. The summed E-state index contributed by atoms with van der Waals surface area (Å²) >= 11 is 0. The fourth-order valence-electron chi connectivity index (χ4n) is 3.11. The summed E-state index contributed by atoms with van der Waals surface area (Å²) in [5.41, 5.74) is 4.27. The summed E-state index contributed by atoms with van der Waals surface area (Å²) in [5, 5.41) is 4.84. The molecule has 0 radical (unpaired) electrons. The van der Waals surface area contributed by atoms with Crippen molar-refractivity contribution >= 4 is 0 Å². The molecule has 1 aromatic carbocycles. The molecular weight excluding hydrogens is 306 g/mol. The summed E-state index contributed by atoms with van der Waals surface area (Å²) in [6.07, 6.45) is 9.58. The van der Waals surface area contributed by atoms with Gasteiger partial charge in [0.25, 0.3) is 0 Å². The van der Waals surface area contributed by atoms with Gasteiger partial charge in [-0.05, 0) is 30.2 Å². The minimum Gasteiger partial charge on any atom is -0.264 e. The maximum Gasteiger partial charge on any atom is 0.111 e. The predicted molar refractivity (Wildman–Crippen MR) is 104 cm³/mol. The Morgan fingerprint density at radius 3 is 2.32 bits per heavy atom. The molecule has 0 fully saturated rings. The van der Waals surface area contributed by atoms with Crippen LogP contribution < -0.4 is 0 Å². The average Bonchev–Trinajstić information content (AvgIpc) is 3.10. The van der Waals surface area contributed by atoms with Crippen molar-refractivity contribution in [3.05, 3.63) is 60.8 Å². The average molecular weight is 333 g/mol. The monoisotopic (exact) mass is 333 g/mol. The molecule has 0 atom stereocenters. The van der Waals surface area contributed by atoms with Gasteiger partial charge in [0.1, 0.15) is 5.69 Å². The molecule has 3 heteroatoms. The molecule has 0 aliphatic carbocycles. The first kappa shape index (κ1) is 17.4. The van der Waals surface area contributed by atoms with Gasteiger partial charge in [-0.2, -0.15) is 5.10 Å². The first-order chi connectivity index (χ1) is 12.4. The topological polar surface area (TPSA) is 30.7 Å². The van der Waals surface area contributed by atoms with Crippen molar-refractivity contribution in [2.75, 3.05) is 0 Å². The van der Waals surface area contributed by atoms with E-state index in [0.29, 0.717) is 0 Å². The SMILES string of the molecule is CCCCCCCCn1nc(-c2ccccn2)cc1-c1ccccc1. The van der Waals surface area contributed by atoms with Gasteiger partial charge in [0.15, 0.2) is 0 Å². The third kappa shape index (κ3) is 4.79. The normalized spacial score (nSPS) is 10.9. The molecule has 25 heavy (non-hydrogen) atoms. The Morgan fingerprint density at radius 1 is 0.800 bits per heavy atom. The summed E-state index contributed by atoms with van der Waals surface area (Å²) in [6, 6.07) is 18.6. The molecule has 0 N–H and O–H groups in total. The molecule has 3 nitrogen and oxygen atoms in total. The van der Waals surface area contributed by atoms with Gasteiger partial charge < -0.3 is 0 Å². The van der Waals surface area contributed by atoms with E-state index >= 15 is 0 Å². The van der Waals surface area contributed by atoms with E-state index in [1.165, 1.54) is 49.8 Å². The van der Waals surface area contributed by atoms with Gasteiger partial charge >= 0.3 is 0 Å². The van der Waals surface area contributed by atoms with E-state index in [1.807, 2.05) is 24.4 Å². The van der Waals surface area contributed by atoms with Crippen molar-refractivity contribution in [2.24, 2.45) is 0 Å². The number of unbranched alkanes of at least 4 members (excludes halogenated alkanes) is 5. The highest BCUT2D eigenvalue weighted by Gasteiger charge is 2.11. The lowest BCUT2D eigenvalue weighted by Crippen LogP contribution is -2.03. The number of aryl methyl sites for hydroxylation is 1. The van der Waals surface area contributed by atoms with Crippen molar-refractivity contribution < 1.29 is 0 Å². The molecule has 0 aliphatic heterocycles. The number of pyridine rings is 1. The second-order valence-electron chi connectivity index (χ2n) is 6.49. The van der Waals surface area contributed by atoms with E-state index in [1.54, 1.807) is 0 Å². The first-order valence-electron chi connectivity index (χ1n) is 9.43. The minimum absolute atomic E-state index is 0.932. The van der Waals surface area contributed by atoms with Crippen LogP contribution >= 0.6 is 0 Å². The minimum atomic E-state index is 0.932. The predicted octanol–water partition coefficient (Wildman–Crippen LogP) is 5.97. The fraction of sp³-hybridized carbons (Fsp3) is 0.364. The van der Waals surface area contributed by atoms with E-state index in [2.05, 4.69) is 53.0 Å². The van der Waals surface area contributed by atoms with Crippen LogP contribution in [0.4, 0.5) is 0 Å². The standard InChI is InChI=1S/C22H27N3/c1-2-3-4-5-6-12-17-25-22(19-13-8-7-9-14-19)18-21(24-25)20-15-10-11-16-23-20/h7-11,13-16,18H,2-6,12,17H2,1H3. The maximum atomic E-state index is 4.84. The highest BCUT2D eigenvalue weighted by atomic mass is 15.3. The van der Waals surface area contributed by atoms with Crippen LogP contribution in [-0.2, 0) is 6.54 Å². The van der Waals surface area contributed by atoms with Gasteiger partial charge in [0, 0.05) is 12.7 Å². The smallest absolute Gasteiger partial charge is 0.111 e. The highest BCUT2D eigenvalue weighted by Crippen LogP contribution is 2.25.